The molecule has 0 aromatic heterocycles. The van der Waals surface area contributed by atoms with Crippen molar-refractivity contribution in [3.8, 4) is 0 Å². The van der Waals surface area contributed by atoms with Crippen LogP contribution in [0.25, 0.3) is 0 Å². The average molecular weight is 278 g/mol. The molecule has 4 N–H and O–H groups in total. The number of rotatable bonds is 4. The largest absolute Gasteiger partial charge is 0.377 e. The molecule has 1 aliphatic carbocycles. The second-order valence-electron chi connectivity index (χ2n) is 5.56. The second kappa shape index (κ2) is 6.56. The Balaban J connectivity index is 2.18. The van der Waals surface area contributed by atoms with Crippen molar-refractivity contribution in [2.75, 3.05) is 10.7 Å². The van der Waals surface area contributed by atoms with Crippen molar-refractivity contribution in [1.29, 1.82) is 0 Å². The molecule has 20 heavy (non-hydrogen) atoms. The minimum absolute atomic E-state index is 0.0206. The third-order valence-electron chi connectivity index (χ3n) is 3.99. The quantitative estimate of drug-likeness (QED) is 0.340. The van der Waals surface area contributed by atoms with Crippen LogP contribution in [0.2, 0.25) is 0 Å². The fourth-order valence-corrected chi connectivity index (χ4v) is 2.82. The van der Waals surface area contributed by atoms with Crippen molar-refractivity contribution in [2.24, 2.45) is 11.8 Å². The molecule has 6 nitrogen and oxygen atoms in total. The molecule has 0 radical (unpaired) electrons. The SMILES string of the molecule is CC1CCCC(Nc2cccc(NN)c2[N+](=O)[O-])CC1. The van der Waals surface area contributed by atoms with Crippen molar-refractivity contribution in [1.82, 2.24) is 0 Å². The predicted molar refractivity (Wildman–Crippen MR) is 80.6 cm³/mol. The Kier molecular flexibility index (Phi) is 4.79. The highest BCUT2D eigenvalue weighted by atomic mass is 16.6. The fourth-order valence-electron chi connectivity index (χ4n) is 2.82. The molecule has 0 aliphatic heterocycles. The summed E-state index contributed by atoms with van der Waals surface area (Å²) in [7, 11) is 0. The lowest BCUT2D eigenvalue weighted by Gasteiger charge is -2.18. The third-order valence-corrected chi connectivity index (χ3v) is 3.99. The van der Waals surface area contributed by atoms with Crippen molar-refractivity contribution in [3.63, 3.8) is 0 Å². The van der Waals surface area contributed by atoms with Gasteiger partial charge in [0, 0.05) is 6.04 Å². The summed E-state index contributed by atoms with van der Waals surface area (Å²) in [5.74, 6) is 6.10. The molecule has 0 heterocycles. The molecular weight excluding hydrogens is 256 g/mol. The summed E-state index contributed by atoms with van der Waals surface area (Å²) in [6, 6.07) is 5.42. The van der Waals surface area contributed by atoms with Gasteiger partial charge in [0.2, 0.25) is 0 Å². The zero-order valence-electron chi connectivity index (χ0n) is 11.8. The van der Waals surface area contributed by atoms with Crippen molar-refractivity contribution < 1.29 is 4.92 Å². The summed E-state index contributed by atoms with van der Waals surface area (Å²) < 4.78 is 0. The number of anilines is 2. The van der Waals surface area contributed by atoms with Gasteiger partial charge < -0.3 is 10.7 Å². The molecule has 1 aromatic carbocycles. The summed E-state index contributed by atoms with van der Waals surface area (Å²) in [6.07, 6.45) is 5.69. The van der Waals surface area contributed by atoms with Crippen LogP contribution in [-0.4, -0.2) is 11.0 Å². The monoisotopic (exact) mass is 278 g/mol. The number of hydrogen-bond acceptors (Lipinski definition) is 5. The summed E-state index contributed by atoms with van der Waals surface area (Å²) in [5.41, 5.74) is 3.29. The Hall–Kier alpha value is -1.82. The topological polar surface area (TPSA) is 93.2 Å². The van der Waals surface area contributed by atoms with Crippen LogP contribution in [0.15, 0.2) is 18.2 Å². The maximum Gasteiger partial charge on any atom is 0.316 e. The summed E-state index contributed by atoms with van der Waals surface area (Å²) in [4.78, 5) is 10.8. The van der Waals surface area contributed by atoms with E-state index in [1.165, 1.54) is 19.3 Å². The van der Waals surface area contributed by atoms with Gasteiger partial charge in [0.05, 0.1) is 4.92 Å². The first kappa shape index (κ1) is 14.6. The Morgan fingerprint density at radius 2 is 2.00 bits per heavy atom. The molecule has 0 spiro atoms. The van der Waals surface area contributed by atoms with E-state index in [-0.39, 0.29) is 5.69 Å². The van der Waals surface area contributed by atoms with Crippen molar-refractivity contribution >= 4 is 17.1 Å². The fraction of sp³-hybridized carbons (Fsp3) is 0.571. The predicted octanol–water partition coefficient (Wildman–Crippen LogP) is 3.26. The molecule has 110 valence electrons. The van der Waals surface area contributed by atoms with Crippen LogP contribution in [0.3, 0.4) is 0 Å². The molecule has 1 aliphatic rings. The number of nitrogens with two attached hydrogens (primary N) is 1. The van der Waals surface area contributed by atoms with Gasteiger partial charge in [-0.2, -0.15) is 0 Å². The Bertz CT molecular complexity index is 478. The first-order chi connectivity index (χ1) is 9.61. The number of hydrazine groups is 1. The van der Waals surface area contributed by atoms with E-state index in [2.05, 4.69) is 17.7 Å². The van der Waals surface area contributed by atoms with Gasteiger partial charge in [-0.3, -0.25) is 16.0 Å². The number of nitro groups is 1. The molecule has 2 unspecified atom stereocenters. The number of nitrogen functional groups attached to an aromatic ring is 1. The molecule has 0 amide bonds. The maximum atomic E-state index is 11.2. The first-order valence-corrected chi connectivity index (χ1v) is 7.12. The van der Waals surface area contributed by atoms with Crippen LogP contribution in [0.5, 0.6) is 0 Å². The second-order valence-corrected chi connectivity index (χ2v) is 5.56. The molecule has 6 heteroatoms. The van der Waals surface area contributed by atoms with E-state index in [4.69, 9.17) is 5.84 Å². The highest BCUT2D eigenvalue weighted by Gasteiger charge is 2.22. The van der Waals surface area contributed by atoms with Gasteiger partial charge in [0.15, 0.2) is 0 Å². The van der Waals surface area contributed by atoms with Gasteiger partial charge in [-0.05, 0) is 37.3 Å². The maximum absolute atomic E-state index is 11.2. The molecule has 0 saturated heterocycles. The minimum atomic E-state index is -0.392. The molecule has 0 bridgehead atoms. The number of nitro benzene ring substituents is 1. The van der Waals surface area contributed by atoms with Crippen LogP contribution in [0.1, 0.15) is 39.0 Å². The summed E-state index contributed by atoms with van der Waals surface area (Å²) in [6.45, 7) is 2.27. The summed E-state index contributed by atoms with van der Waals surface area (Å²) >= 11 is 0. The lowest BCUT2D eigenvalue weighted by atomic mass is 10.0. The van der Waals surface area contributed by atoms with Crippen LogP contribution >= 0.6 is 0 Å². The zero-order chi connectivity index (χ0) is 14.5. The van der Waals surface area contributed by atoms with Gasteiger partial charge in [0.1, 0.15) is 11.4 Å². The Labute approximate surface area is 118 Å². The zero-order valence-corrected chi connectivity index (χ0v) is 11.8. The standard InChI is InChI=1S/C14H22N4O2/c1-10-4-2-5-11(9-8-10)16-12-6-3-7-13(17-15)14(12)18(19)20/h3,6-7,10-11,16-17H,2,4-5,8-9,15H2,1H3. The molecule has 1 fully saturated rings. The highest BCUT2D eigenvalue weighted by Crippen LogP contribution is 2.34. The van der Waals surface area contributed by atoms with E-state index in [0.717, 1.165) is 18.8 Å². The average Bonchev–Trinajstić information content (AvgIpc) is 2.63. The summed E-state index contributed by atoms with van der Waals surface area (Å²) in [5, 5.41) is 14.6. The van der Waals surface area contributed by atoms with E-state index in [1.54, 1.807) is 18.2 Å². The number of benzene rings is 1. The van der Waals surface area contributed by atoms with Gasteiger partial charge in [-0.15, -0.1) is 0 Å². The van der Waals surface area contributed by atoms with Crippen LogP contribution in [0.4, 0.5) is 17.1 Å². The number of para-hydroxylation sites is 1. The molecule has 1 aromatic rings. The van der Waals surface area contributed by atoms with Gasteiger partial charge in [0.25, 0.3) is 0 Å². The van der Waals surface area contributed by atoms with Crippen LogP contribution < -0.4 is 16.6 Å². The normalized spacial score (nSPS) is 22.9. The first-order valence-electron chi connectivity index (χ1n) is 7.12. The molecule has 1 saturated carbocycles. The molecular formula is C14H22N4O2. The van der Waals surface area contributed by atoms with E-state index < -0.39 is 4.92 Å². The molecule has 2 rings (SSSR count). The van der Waals surface area contributed by atoms with Gasteiger partial charge in [-0.25, -0.2) is 0 Å². The number of nitrogens with one attached hydrogen (secondary N) is 2. The number of hydrogen-bond donors (Lipinski definition) is 3. The van der Waals surface area contributed by atoms with Gasteiger partial charge in [-0.1, -0.05) is 25.8 Å². The lowest BCUT2D eigenvalue weighted by molar-refractivity contribution is -0.383. The lowest BCUT2D eigenvalue weighted by Crippen LogP contribution is -2.20. The van der Waals surface area contributed by atoms with Crippen LogP contribution in [0, 0.1) is 16.0 Å². The highest BCUT2D eigenvalue weighted by molar-refractivity contribution is 5.76. The van der Waals surface area contributed by atoms with Crippen molar-refractivity contribution in [3.05, 3.63) is 28.3 Å². The minimum Gasteiger partial charge on any atom is -0.377 e. The Morgan fingerprint density at radius 1 is 1.25 bits per heavy atom. The van der Waals surface area contributed by atoms with E-state index in [0.29, 0.717) is 17.4 Å². The van der Waals surface area contributed by atoms with E-state index >= 15 is 0 Å². The van der Waals surface area contributed by atoms with E-state index in [1.807, 2.05) is 0 Å². The number of nitrogens with zero attached hydrogens (tertiary/aromatic N) is 1. The van der Waals surface area contributed by atoms with Crippen LogP contribution in [-0.2, 0) is 0 Å². The van der Waals surface area contributed by atoms with Crippen molar-refractivity contribution in [2.45, 2.75) is 45.1 Å². The smallest absolute Gasteiger partial charge is 0.316 e. The van der Waals surface area contributed by atoms with E-state index in [9.17, 15) is 10.1 Å². The third kappa shape index (κ3) is 3.39. The molecule has 2 atom stereocenters. The van der Waals surface area contributed by atoms with Gasteiger partial charge >= 0.3 is 5.69 Å². The Morgan fingerprint density at radius 3 is 2.70 bits per heavy atom.